The van der Waals surface area contributed by atoms with Crippen LogP contribution in [0.3, 0.4) is 0 Å². The lowest BCUT2D eigenvalue weighted by Gasteiger charge is -2.05. The number of fused-ring (bicyclic) bond motifs is 1. The summed E-state index contributed by atoms with van der Waals surface area (Å²) in [5, 5.41) is 8.42. The minimum atomic E-state index is -0.0991. The van der Waals surface area contributed by atoms with Gasteiger partial charge in [-0.15, -0.1) is 10.2 Å². The van der Waals surface area contributed by atoms with Crippen LogP contribution in [-0.4, -0.2) is 25.8 Å². The fourth-order valence-electron chi connectivity index (χ4n) is 2.67. The maximum absolute atomic E-state index is 12.1. The van der Waals surface area contributed by atoms with Crippen LogP contribution in [0.1, 0.15) is 22.4 Å². The Morgan fingerprint density at radius 3 is 2.67 bits per heavy atom. The van der Waals surface area contributed by atoms with Crippen molar-refractivity contribution in [3.05, 3.63) is 47.2 Å². The van der Waals surface area contributed by atoms with Crippen molar-refractivity contribution in [1.82, 2.24) is 19.9 Å². The number of nitrogens with one attached hydrogen (secondary N) is 2. The molecule has 0 atom stereocenters. The molecule has 1 aromatic carbocycles. The summed E-state index contributed by atoms with van der Waals surface area (Å²) in [4.78, 5) is 15.5. The van der Waals surface area contributed by atoms with Gasteiger partial charge in [0.15, 0.2) is 0 Å². The number of amides is 1. The van der Waals surface area contributed by atoms with Gasteiger partial charge >= 0.3 is 0 Å². The van der Waals surface area contributed by atoms with Crippen molar-refractivity contribution in [2.45, 2.75) is 27.2 Å². The summed E-state index contributed by atoms with van der Waals surface area (Å²) in [6.45, 7) is 6.14. The molecule has 2 heterocycles. The summed E-state index contributed by atoms with van der Waals surface area (Å²) in [6, 6.07) is 4.26. The minimum Gasteiger partial charge on any atom is -0.358 e. The molecule has 0 aliphatic heterocycles. The summed E-state index contributed by atoms with van der Waals surface area (Å²) < 4.78 is 1.45. The predicted octanol–water partition coefficient (Wildman–Crippen LogP) is 2.00. The third kappa shape index (κ3) is 2.52. The van der Waals surface area contributed by atoms with Crippen LogP contribution in [0, 0.1) is 20.8 Å². The van der Waals surface area contributed by atoms with Gasteiger partial charge in [0.25, 0.3) is 0 Å². The maximum Gasteiger partial charge on any atom is 0.243 e. The molecule has 0 radical (unpaired) electrons. The quantitative estimate of drug-likeness (QED) is 0.772. The monoisotopic (exact) mass is 283 g/mol. The highest BCUT2D eigenvalue weighted by molar-refractivity contribution is 5.94. The van der Waals surface area contributed by atoms with Crippen LogP contribution in [0.25, 0.3) is 10.9 Å². The van der Waals surface area contributed by atoms with Crippen LogP contribution in [0.4, 0.5) is 0 Å². The van der Waals surface area contributed by atoms with E-state index < -0.39 is 0 Å². The van der Waals surface area contributed by atoms with Crippen molar-refractivity contribution in [3.63, 3.8) is 0 Å². The Hall–Kier alpha value is -2.63. The highest BCUT2D eigenvalue weighted by Gasteiger charge is 2.14. The van der Waals surface area contributed by atoms with Gasteiger partial charge in [-0.25, -0.2) is 4.68 Å². The van der Waals surface area contributed by atoms with E-state index in [9.17, 15) is 4.79 Å². The second-order valence-corrected chi connectivity index (χ2v) is 5.31. The highest BCUT2D eigenvalue weighted by atomic mass is 16.2. The largest absolute Gasteiger partial charge is 0.358 e. The molecule has 2 aromatic heterocycles. The van der Waals surface area contributed by atoms with E-state index >= 15 is 0 Å². The zero-order valence-corrected chi connectivity index (χ0v) is 12.3. The smallest absolute Gasteiger partial charge is 0.243 e. The lowest BCUT2D eigenvalue weighted by molar-refractivity contribution is -0.116. The molecule has 1 amide bonds. The number of aromatic amines is 1. The lowest BCUT2D eigenvalue weighted by atomic mass is 10.0. The molecule has 0 spiro atoms. The summed E-state index contributed by atoms with van der Waals surface area (Å²) in [6.07, 6.45) is 3.22. The van der Waals surface area contributed by atoms with Crippen molar-refractivity contribution in [3.8, 4) is 0 Å². The zero-order valence-electron chi connectivity index (χ0n) is 12.3. The van der Waals surface area contributed by atoms with Gasteiger partial charge in [0, 0.05) is 16.6 Å². The van der Waals surface area contributed by atoms with Gasteiger partial charge in [-0.1, -0.05) is 11.6 Å². The number of hydrogen-bond acceptors (Lipinski definition) is 3. The standard InChI is InChI=1S/C15H17N5O/c1-9-4-10(2)15-13(5-9)12(11(3)18-15)6-14(21)19-20-7-16-17-8-20/h4-5,7-8,18H,6H2,1-3H3,(H,19,21). The third-order valence-electron chi connectivity index (χ3n) is 3.58. The van der Waals surface area contributed by atoms with Gasteiger partial charge in [-0.2, -0.15) is 0 Å². The summed E-state index contributed by atoms with van der Waals surface area (Å²) in [7, 11) is 0. The van der Waals surface area contributed by atoms with E-state index in [1.807, 2.05) is 6.92 Å². The van der Waals surface area contributed by atoms with Gasteiger partial charge in [-0.3, -0.25) is 10.2 Å². The Balaban J connectivity index is 1.93. The van der Waals surface area contributed by atoms with Crippen LogP contribution < -0.4 is 5.43 Å². The average Bonchev–Trinajstić information content (AvgIpc) is 3.00. The minimum absolute atomic E-state index is 0.0991. The number of carbonyl (C=O) groups is 1. The molecular weight excluding hydrogens is 266 g/mol. The van der Waals surface area contributed by atoms with Crippen LogP contribution in [0.15, 0.2) is 24.8 Å². The number of hydrogen-bond donors (Lipinski definition) is 2. The maximum atomic E-state index is 12.1. The van der Waals surface area contributed by atoms with Crippen LogP contribution in [-0.2, 0) is 11.2 Å². The summed E-state index contributed by atoms with van der Waals surface area (Å²) >= 11 is 0. The normalized spacial score (nSPS) is 11.0. The van der Waals surface area contributed by atoms with Gasteiger partial charge in [0.05, 0.1) is 6.42 Å². The molecule has 0 bridgehead atoms. The molecule has 0 aliphatic carbocycles. The number of rotatable bonds is 3. The first kappa shape index (κ1) is 13.4. The number of aryl methyl sites for hydroxylation is 3. The SMILES string of the molecule is Cc1cc(C)c2[nH]c(C)c(CC(=O)Nn3cnnc3)c2c1. The molecule has 2 N–H and O–H groups in total. The van der Waals surface area contributed by atoms with E-state index in [-0.39, 0.29) is 5.91 Å². The van der Waals surface area contributed by atoms with E-state index in [1.165, 1.54) is 28.5 Å². The molecule has 0 saturated carbocycles. The van der Waals surface area contributed by atoms with Crippen molar-refractivity contribution < 1.29 is 4.79 Å². The summed E-state index contributed by atoms with van der Waals surface area (Å²) in [5.41, 5.74) is 8.26. The average molecular weight is 283 g/mol. The van der Waals surface area contributed by atoms with E-state index in [2.05, 4.69) is 46.6 Å². The fourth-order valence-corrected chi connectivity index (χ4v) is 2.67. The molecule has 21 heavy (non-hydrogen) atoms. The summed E-state index contributed by atoms with van der Waals surface area (Å²) in [5.74, 6) is -0.0991. The molecule has 0 aliphatic rings. The third-order valence-corrected chi connectivity index (χ3v) is 3.58. The number of nitrogens with zero attached hydrogens (tertiary/aromatic N) is 3. The van der Waals surface area contributed by atoms with Gasteiger partial charge in [-0.05, 0) is 38.0 Å². The Bertz CT molecular complexity index is 801. The second kappa shape index (κ2) is 5.05. The Morgan fingerprint density at radius 1 is 1.24 bits per heavy atom. The molecule has 6 heteroatoms. The van der Waals surface area contributed by atoms with Crippen molar-refractivity contribution in [2.24, 2.45) is 0 Å². The Kier molecular flexibility index (Phi) is 3.21. The Morgan fingerprint density at radius 2 is 1.95 bits per heavy atom. The van der Waals surface area contributed by atoms with Crippen LogP contribution in [0.5, 0.6) is 0 Å². The second-order valence-electron chi connectivity index (χ2n) is 5.31. The number of benzene rings is 1. The first-order valence-electron chi connectivity index (χ1n) is 6.77. The Labute approximate surface area is 122 Å². The van der Waals surface area contributed by atoms with Crippen LogP contribution >= 0.6 is 0 Å². The zero-order chi connectivity index (χ0) is 15.0. The topological polar surface area (TPSA) is 75.6 Å². The van der Waals surface area contributed by atoms with Gasteiger partial charge in [0.1, 0.15) is 12.7 Å². The van der Waals surface area contributed by atoms with Crippen molar-refractivity contribution >= 4 is 16.8 Å². The van der Waals surface area contributed by atoms with Crippen LogP contribution in [0.2, 0.25) is 0 Å². The highest BCUT2D eigenvalue weighted by Crippen LogP contribution is 2.26. The fraction of sp³-hybridized carbons (Fsp3) is 0.267. The first-order valence-corrected chi connectivity index (χ1v) is 6.77. The molecule has 3 rings (SSSR count). The van der Waals surface area contributed by atoms with Gasteiger partial charge < -0.3 is 4.98 Å². The molecule has 6 nitrogen and oxygen atoms in total. The number of H-pyrrole nitrogens is 1. The van der Waals surface area contributed by atoms with Crippen molar-refractivity contribution in [1.29, 1.82) is 0 Å². The van der Waals surface area contributed by atoms with E-state index in [1.54, 1.807) is 0 Å². The first-order chi connectivity index (χ1) is 10.0. The van der Waals surface area contributed by atoms with Crippen molar-refractivity contribution in [2.75, 3.05) is 5.43 Å². The predicted molar refractivity (Wildman–Crippen MR) is 80.6 cm³/mol. The molecule has 0 unspecified atom stereocenters. The van der Waals surface area contributed by atoms with E-state index in [0.717, 1.165) is 22.2 Å². The molecule has 0 saturated heterocycles. The molecule has 108 valence electrons. The molecular formula is C15H17N5O. The number of carbonyl (C=O) groups excluding carboxylic acids is 1. The number of aromatic nitrogens is 4. The van der Waals surface area contributed by atoms with Gasteiger partial charge in [0.2, 0.25) is 5.91 Å². The van der Waals surface area contributed by atoms with E-state index in [4.69, 9.17) is 0 Å². The molecule has 0 fully saturated rings. The molecule has 3 aromatic rings. The van der Waals surface area contributed by atoms with E-state index in [0.29, 0.717) is 6.42 Å². The lowest BCUT2D eigenvalue weighted by Crippen LogP contribution is -2.23.